The maximum absolute atomic E-state index is 13.5. The van der Waals surface area contributed by atoms with Crippen molar-refractivity contribution in [2.45, 2.75) is 33.7 Å². The number of fused-ring (bicyclic) bond motifs is 1. The molecule has 0 unspecified atom stereocenters. The molecule has 1 aliphatic rings. The van der Waals surface area contributed by atoms with Crippen molar-refractivity contribution in [1.82, 2.24) is 19.7 Å². The zero-order valence-corrected chi connectivity index (χ0v) is 21.1. The zero-order chi connectivity index (χ0) is 22.5. The predicted octanol–water partition coefficient (Wildman–Crippen LogP) is 4.01. The number of rotatable bonds is 9. The van der Waals surface area contributed by atoms with Gasteiger partial charge in [0, 0.05) is 38.4 Å². The molecule has 3 heterocycles. The molecule has 3 aromatic rings. The number of anilines is 1. The summed E-state index contributed by atoms with van der Waals surface area (Å²) >= 11 is 1.52. The van der Waals surface area contributed by atoms with Crippen LogP contribution in [-0.4, -0.2) is 71.6 Å². The first-order valence-corrected chi connectivity index (χ1v) is 12.1. The Morgan fingerprint density at radius 2 is 2.06 bits per heavy atom. The number of para-hydroxylation sites is 1. The number of hydrogen-bond acceptors (Lipinski definition) is 7. The minimum atomic E-state index is -0.112. The molecule has 0 spiro atoms. The van der Waals surface area contributed by atoms with Crippen LogP contribution in [0, 0.1) is 6.92 Å². The lowest BCUT2D eigenvalue weighted by atomic mass is 10.3. The molecule has 0 atom stereocenters. The number of carbonyl (C=O) groups excluding carboxylic acids is 1. The van der Waals surface area contributed by atoms with Crippen molar-refractivity contribution in [1.29, 1.82) is 0 Å². The number of benzene rings is 1. The lowest BCUT2D eigenvalue weighted by Crippen LogP contribution is -2.39. The molecule has 2 aromatic heterocycles. The van der Waals surface area contributed by atoms with Gasteiger partial charge in [0.2, 0.25) is 0 Å². The summed E-state index contributed by atoms with van der Waals surface area (Å²) in [6.07, 6.45) is 0.855. The second-order valence-corrected chi connectivity index (χ2v) is 8.79. The SMILES string of the molecule is CCOc1cccc2sc(N(CCCN3CCOCC3)C(=O)c3cc(C)n(CC)n3)nc12.Cl. The molecule has 1 saturated heterocycles. The molecule has 33 heavy (non-hydrogen) atoms. The van der Waals surface area contributed by atoms with Crippen LogP contribution in [-0.2, 0) is 11.3 Å². The van der Waals surface area contributed by atoms with Crippen molar-refractivity contribution < 1.29 is 14.3 Å². The summed E-state index contributed by atoms with van der Waals surface area (Å²) in [6, 6.07) is 7.77. The van der Waals surface area contributed by atoms with E-state index in [1.54, 1.807) is 4.90 Å². The Labute approximate surface area is 204 Å². The van der Waals surface area contributed by atoms with Crippen LogP contribution >= 0.6 is 23.7 Å². The Morgan fingerprint density at radius 1 is 1.27 bits per heavy atom. The van der Waals surface area contributed by atoms with Gasteiger partial charge in [0.05, 0.1) is 24.5 Å². The quantitative estimate of drug-likeness (QED) is 0.448. The van der Waals surface area contributed by atoms with Gasteiger partial charge in [0.1, 0.15) is 11.3 Å². The number of carbonyl (C=O) groups is 1. The summed E-state index contributed by atoms with van der Waals surface area (Å²) in [7, 11) is 0. The minimum Gasteiger partial charge on any atom is -0.492 e. The molecular formula is C23H32ClN5O3S. The molecule has 1 aromatic carbocycles. The summed E-state index contributed by atoms with van der Waals surface area (Å²) in [5.74, 6) is 0.638. The fourth-order valence-electron chi connectivity index (χ4n) is 3.93. The third-order valence-electron chi connectivity index (χ3n) is 5.61. The Hall–Kier alpha value is -2.20. The number of amides is 1. The van der Waals surface area contributed by atoms with Crippen LogP contribution in [0.25, 0.3) is 10.2 Å². The summed E-state index contributed by atoms with van der Waals surface area (Å²) in [6.45, 7) is 12.2. The monoisotopic (exact) mass is 493 g/mol. The highest BCUT2D eigenvalue weighted by atomic mass is 35.5. The molecule has 0 saturated carbocycles. The standard InChI is InChI=1S/C23H31N5O3S.ClH/c1-4-28-17(3)16-18(25-28)22(29)27(11-7-10-26-12-14-30-15-13-26)23-24-21-19(31-5-2)8-6-9-20(21)32-23;/h6,8-9,16H,4-5,7,10-15H2,1-3H3;1H. The minimum absolute atomic E-state index is 0. The van der Waals surface area contributed by atoms with E-state index in [-0.39, 0.29) is 18.3 Å². The van der Waals surface area contributed by atoms with Crippen molar-refractivity contribution >= 4 is 45.0 Å². The van der Waals surface area contributed by atoms with E-state index in [0.717, 1.165) is 67.5 Å². The molecule has 0 bridgehead atoms. The molecule has 180 valence electrons. The number of hydrogen-bond donors (Lipinski definition) is 0. The van der Waals surface area contributed by atoms with Crippen molar-refractivity contribution in [2.75, 3.05) is 50.9 Å². The fraction of sp³-hybridized carbons (Fsp3) is 0.522. The molecule has 8 nitrogen and oxygen atoms in total. The van der Waals surface area contributed by atoms with Gasteiger partial charge in [-0.2, -0.15) is 5.10 Å². The predicted molar refractivity (Wildman–Crippen MR) is 134 cm³/mol. The first-order valence-electron chi connectivity index (χ1n) is 11.3. The van der Waals surface area contributed by atoms with Crippen molar-refractivity contribution in [3.8, 4) is 5.75 Å². The van der Waals surface area contributed by atoms with Gasteiger partial charge in [-0.25, -0.2) is 4.98 Å². The number of morpholine rings is 1. The average molecular weight is 494 g/mol. The van der Waals surface area contributed by atoms with E-state index in [0.29, 0.717) is 24.0 Å². The number of nitrogens with zero attached hydrogens (tertiary/aromatic N) is 5. The highest BCUT2D eigenvalue weighted by molar-refractivity contribution is 7.22. The normalized spacial score (nSPS) is 14.3. The molecule has 1 aliphatic heterocycles. The topological polar surface area (TPSA) is 72.7 Å². The number of thiazole rings is 1. The molecule has 0 aliphatic carbocycles. The van der Waals surface area contributed by atoms with Crippen LogP contribution in [0.2, 0.25) is 0 Å². The van der Waals surface area contributed by atoms with Gasteiger partial charge in [-0.3, -0.25) is 19.3 Å². The second-order valence-electron chi connectivity index (χ2n) is 7.78. The maximum atomic E-state index is 13.5. The maximum Gasteiger partial charge on any atom is 0.280 e. The third kappa shape index (κ3) is 5.84. The summed E-state index contributed by atoms with van der Waals surface area (Å²) in [5.41, 5.74) is 2.24. The molecule has 1 fully saturated rings. The number of halogens is 1. The van der Waals surface area contributed by atoms with Gasteiger partial charge >= 0.3 is 0 Å². The number of aryl methyl sites for hydroxylation is 2. The Bertz CT molecular complexity index is 1060. The Morgan fingerprint density at radius 3 is 2.76 bits per heavy atom. The van der Waals surface area contributed by atoms with E-state index in [4.69, 9.17) is 14.5 Å². The average Bonchev–Trinajstić information content (AvgIpc) is 3.41. The fourth-order valence-corrected chi connectivity index (χ4v) is 4.94. The van der Waals surface area contributed by atoms with Crippen LogP contribution in [0.5, 0.6) is 5.75 Å². The summed E-state index contributed by atoms with van der Waals surface area (Å²) in [5, 5.41) is 5.21. The van der Waals surface area contributed by atoms with Gasteiger partial charge in [0.25, 0.3) is 5.91 Å². The highest BCUT2D eigenvalue weighted by Gasteiger charge is 2.25. The van der Waals surface area contributed by atoms with Gasteiger partial charge in [-0.1, -0.05) is 17.4 Å². The highest BCUT2D eigenvalue weighted by Crippen LogP contribution is 2.35. The molecule has 4 rings (SSSR count). The number of aromatic nitrogens is 3. The van der Waals surface area contributed by atoms with Crippen molar-refractivity contribution in [3.63, 3.8) is 0 Å². The van der Waals surface area contributed by atoms with Crippen LogP contribution in [0.15, 0.2) is 24.3 Å². The van der Waals surface area contributed by atoms with E-state index < -0.39 is 0 Å². The van der Waals surface area contributed by atoms with E-state index in [1.807, 2.05) is 49.7 Å². The first-order chi connectivity index (χ1) is 15.6. The van der Waals surface area contributed by atoms with Gasteiger partial charge in [0.15, 0.2) is 10.8 Å². The Kier molecular flexibility index (Phi) is 9.08. The van der Waals surface area contributed by atoms with Gasteiger partial charge in [-0.05, 0) is 45.4 Å². The molecular weight excluding hydrogens is 462 g/mol. The van der Waals surface area contributed by atoms with Gasteiger partial charge < -0.3 is 9.47 Å². The van der Waals surface area contributed by atoms with Gasteiger partial charge in [-0.15, -0.1) is 12.4 Å². The van der Waals surface area contributed by atoms with Crippen LogP contribution in [0.1, 0.15) is 36.5 Å². The lowest BCUT2D eigenvalue weighted by molar-refractivity contribution is 0.0376. The van der Waals surface area contributed by atoms with E-state index in [1.165, 1.54) is 11.3 Å². The van der Waals surface area contributed by atoms with Crippen LogP contribution in [0.4, 0.5) is 5.13 Å². The van der Waals surface area contributed by atoms with E-state index in [2.05, 4.69) is 10.00 Å². The summed E-state index contributed by atoms with van der Waals surface area (Å²) in [4.78, 5) is 22.5. The zero-order valence-electron chi connectivity index (χ0n) is 19.5. The molecule has 0 radical (unpaired) electrons. The van der Waals surface area contributed by atoms with Crippen molar-refractivity contribution in [3.05, 3.63) is 35.7 Å². The van der Waals surface area contributed by atoms with Crippen molar-refractivity contribution in [2.24, 2.45) is 0 Å². The summed E-state index contributed by atoms with van der Waals surface area (Å²) < 4.78 is 14.1. The van der Waals surface area contributed by atoms with E-state index in [9.17, 15) is 4.79 Å². The molecule has 10 heteroatoms. The Balaban J connectivity index is 0.00000306. The first kappa shape index (κ1) is 25.4. The third-order valence-corrected chi connectivity index (χ3v) is 6.65. The van der Waals surface area contributed by atoms with E-state index >= 15 is 0 Å². The largest absolute Gasteiger partial charge is 0.492 e. The van der Waals surface area contributed by atoms with Crippen LogP contribution < -0.4 is 9.64 Å². The smallest absolute Gasteiger partial charge is 0.280 e. The number of ether oxygens (including phenoxy) is 2. The second kappa shape index (κ2) is 11.8. The lowest BCUT2D eigenvalue weighted by Gasteiger charge is -2.27. The molecule has 1 amide bonds. The molecule has 0 N–H and O–H groups in total. The van der Waals surface area contributed by atoms with Crippen LogP contribution in [0.3, 0.4) is 0 Å².